The molecule has 0 atom stereocenters. The van der Waals surface area contributed by atoms with Gasteiger partial charge >= 0.3 is 0 Å². The van der Waals surface area contributed by atoms with Gasteiger partial charge in [0, 0.05) is 22.7 Å². The van der Waals surface area contributed by atoms with E-state index in [0.717, 1.165) is 58.7 Å². The van der Waals surface area contributed by atoms with Gasteiger partial charge in [-0.15, -0.1) is 11.3 Å². The molecule has 0 spiro atoms. The Labute approximate surface area is 167 Å². The Hall–Kier alpha value is -2.29. The van der Waals surface area contributed by atoms with Gasteiger partial charge in [-0.1, -0.05) is 18.2 Å². The highest BCUT2D eigenvalue weighted by Crippen LogP contribution is 2.38. The number of hydrogen-bond donors (Lipinski definition) is 2. The molecular formula is C20H20FN3O2S2. The van der Waals surface area contributed by atoms with E-state index in [1.807, 2.05) is 30.3 Å². The number of benzene rings is 2. The second kappa shape index (κ2) is 7.62. The van der Waals surface area contributed by atoms with E-state index in [0.29, 0.717) is 0 Å². The van der Waals surface area contributed by atoms with Crippen LogP contribution in [0.2, 0.25) is 0 Å². The van der Waals surface area contributed by atoms with Crippen LogP contribution in [-0.4, -0.2) is 19.7 Å². The van der Waals surface area contributed by atoms with Crippen LogP contribution in [0.3, 0.4) is 0 Å². The maximum Gasteiger partial charge on any atom is 0.209 e. The number of nitrogens with zero attached hydrogens (tertiary/aromatic N) is 1. The maximum absolute atomic E-state index is 13.8. The second-order valence-electron chi connectivity index (χ2n) is 6.86. The molecule has 5 nitrogen and oxygen atoms in total. The summed E-state index contributed by atoms with van der Waals surface area (Å²) in [6.07, 6.45) is 4.03. The van der Waals surface area contributed by atoms with Gasteiger partial charge in [-0.25, -0.2) is 22.5 Å². The van der Waals surface area contributed by atoms with Crippen molar-refractivity contribution < 1.29 is 12.8 Å². The highest BCUT2D eigenvalue weighted by molar-refractivity contribution is 7.88. The van der Waals surface area contributed by atoms with Crippen LogP contribution >= 0.6 is 11.3 Å². The summed E-state index contributed by atoms with van der Waals surface area (Å²) in [6.45, 7) is 0.257. The van der Waals surface area contributed by atoms with Crippen molar-refractivity contribution in [2.24, 2.45) is 0 Å². The molecule has 0 bridgehead atoms. The number of anilines is 2. The van der Waals surface area contributed by atoms with E-state index in [4.69, 9.17) is 4.98 Å². The lowest BCUT2D eigenvalue weighted by molar-refractivity contribution is 0.587. The quantitative estimate of drug-likeness (QED) is 0.652. The van der Waals surface area contributed by atoms with Crippen LogP contribution < -0.4 is 10.0 Å². The zero-order valence-electron chi connectivity index (χ0n) is 15.3. The predicted molar refractivity (Wildman–Crippen MR) is 111 cm³/mol. The number of nitrogens with one attached hydrogen (secondary N) is 2. The minimum Gasteiger partial charge on any atom is -0.332 e. The molecule has 0 amide bonds. The number of hydrogen-bond acceptors (Lipinski definition) is 5. The SMILES string of the molecule is CS(=O)(=O)NCc1ccc(Nc2nc3c(s2)CCCc2ccc(F)cc2-3)cc1. The molecule has 2 N–H and O–H groups in total. The van der Waals surface area contributed by atoms with E-state index in [9.17, 15) is 12.8 Å². The minimum absolute atomic E-state index is 0.243. The normalized spacial score (nSPS) is 13.5. The summed E-state index contributed by atoms with van der Waals surface area (Å²) in [5.41, 5.74) is 4.63. The first-order valence-corrected chi connectivity index (χ1v) is 11.7. The van der Waals surface area contributed by atoms with Gasteiger partial charge in [0.1, 0.15) is 5.82 Å². The van der Waals surface area contributed by atoms with Gasteiger partial charge in [-0.2, -0.15) is 0 Å². The first kappa shape index (κ1) is 19.0. The molecule has 0 saturated carbocycles. The zero-order chi connectivity index (χ0) is 19.7. The zero-order valence-corrected chi connectivity index (χ0v) is 17.0. The third kappa shape index (κ3) is 4.40. The maximum atomic E-state index is 13.8. The number of rotatable bonds is 5. The second-order valence-corrected chi connectivity index (χ2v) is 9.78. The molecule has 1 heterocycles. The van der Waals surface area contributed by atoms with Gasteiger partial charge in [0.25, 0.3) is 0 Å². The van der Waals surface area contributed by atoms with Crippen molar-refractivity contribution in [2.75, 3.05) is 11.6 Å². The fourth-order valence-corrected chi connectivity index (χ4v) is 4.72. The molecule has 2 aromatic carbocycles. The summed E-state index contributed by atoms with van der Waals surface area (Å²) in [4.78, 5) is 5.90. The van der Waals surface area contributed by atoms with Crippen LogP contribution in [0.5, 0.6) is 0 Å². The van der Waals surface area contributed by atoms with E-state index >= 15 is 0 Å². The van der Waals surface area contributed by atoms with Crippen LogP contribution in [0.25, 0.3) is 11.3 Å². The fraction of sp³-hybridized carbons (Fsp3) is 0.250. The molecule has 1 aliphatic carbocycles. The van der Waals surface area contributed by atoms with E-state index in [2.05, 4.69) is 10.0 Å². The lowest BCUT2D eigenvalue weighted by Gasteiger charge is -2.06. The Kier molecular flexibility index (Phi) is 5.18. The third-order valence-corrected chi connectivity index (χ3v) is 6.32. The van der Waals surface area contributed by atoms with Crippen LogP contribution in [0, 0.1) is 5.82 Å². The molecule has 28 heavy (non-hydrogen) atoms. The molecule has 1 aliphatic rings. The molecule has 0 unspecified atom stereocenters. The lowest BCUT2D eigenvalue weighted by atomic mass is 10.0. The van der Waals surface area contributed by atoms with Crippen LogP contribution in [0.15, 0.2) is 42.5 Å². The number of aromatic nitrogens is 1. The summed E-state index contributed by atoms with van der Waals surface area (Å²) in [5, 5.41) is 4.07. The molecule has 0 fully saturated rings. The van der Waals surface area contributed by atoms with Crippen LogP contribution in [0.4, 0.5) is 15.2 Å². The van der Waals surface area contributed by atoms with Gasteiger partial charge in [0.15, 0.2) is 5.13 Å². The first-order chi connectivity index (χ1) is 13.4. The summed E-state index contributed by atoms with van der Waals surface area (Å²) < 4.78 is 38.6. The van der Waals surface area contributed by atoms with Crippen molar-refractivity contribution in [3.05, 3.63) is 64.3 Å². The van der Waals surface area contributed by atoms with Gasteiger partial charge < -0.3 is 5.32 Å². The molecule has 0 saturated heterocycles. The Balaban J connectivity index is 1.54. The van der Waals surface area contributed by atoms with Crippen LogP contribution in [-0.2, 0) is 29.4 Å². The minimum atomic E-state index is -3.21. The van der Waals surface area contributed by atoms with Crippen molar-refractivity contribution in [3.63, 3.8) is 0 Å². The predicted octanol–water partition coefficient (Wildman–Crippen LogP) is 4.23. The lowest BCUT2D eigenvalue weighted by Crippen LogP contribution is -2.21. The van der Waals surface area contributed by atoms with Gasteiger partial charge in [-0.05, 0) is 54.7 Å². The van der Waals surface area contributed by atoms with Crippen molar-refractivity contribution in [1.82, 2.24) is 9.71 Å². The molecule has 3 aromatic rings. The molecule has 0 radical (unpaired) electrons. The van der Waals surface area contributed by atoms with Gasteiger partial charge in [-0.3, -0.25) is 0 Å². The summed E-state index contributed by atoms with van der Waals surface area (Å²) in [7, 11) is -3.21. The number of thiazole rings is 1. The fourth-order valence-electron chi connectivity index (χ4n) is 3.26. The number of halogens is 1. The smallest absolute Gasteiger partial charge is 0.209 e. The van der Waals surface area contributed by atoms with Gasteiger partial charge in [0.05, 0.1) is 11.9 Å². The van der Waals surface area contributed by atoms with E-state index in [-0.39, 0.29) is 12.4 Å². The number of aryl methyl sites for hydroxylation is 2. The average molecular weight is 418 g/mol. The van der Waals surface area contributed by atoms with Crippen LogP contribution in [0.1, 0.15) is 22.4 Å². The Morgan fingerprint density at radius 3 is 2.68 bits per heavy atom. The summed E-state index contributed by atoms with van der Waals surface area (Å²) in [5.74, 6) is -0.243. The molecule has 0 aliphatic heterocycles. The Morgan fingerprint density at radius 1 is 1.14 bits per heavy atom. The number of sulfonamides is 1. The molecule has 1 aromatic heterocycles. The van der Waals surface area contributed by atoms with Crippen molar-refractivity contribution in [2.45, 2.75) is 25.8 Å². The molecular weight excluding hydrogens is 397 g/mol. The van der Waals surface area contributed by atoms with Gasteiger partial charge in [0.2, 0.25) is 10.0 Å². The molecule has 8 heteroatoms. The monoisotopic (exact) mass is 417 g/mol. The topological polar surface area (TPSA) is 71.1 Å². The van der Waals surface area contributed by atoms with E-state index in [1.165, 1.54) is 10.9 Å². The highest BCUT2D eigenvalue weighted by Gasteiger charge is 2.20. The number of fused-ring (bicyclic) bond motifs is 3. The van der Waals surface area contributed by atoms with Crippen molar-refractivity contribution in [3.8, 4) is 11.3 Å². The van der Waals surface area contributed by atoms with E-state index < -0.39 is 10.0 Å². The largest absolute Gasteiger partial charge is 0.332 e. The Morgan fingerprint density at radius 2 is 1.93 bits per heavy atom. The third-order valence-electron chi connectivity index (χ3n) is 4.62. The standard InChI is InChI=1S/C20H20FN3O2S2/c1-28(25,26)22-12-13-5-9-16(10-6-13)23-20-24-19-17-11-15(21)8-7-14(17)3-2-4-18(19)27-20/h5-11,22H,2-4,12H2,1H3,(H,23,24). The summed E-state index contributed by atoms with van der Waals surface area (Å²) >= 11 is 1.59. The van der Waals surface area contributed by atoms with Crippen molar-refractivity contribution in [1.29, 1.82) is 0 Å². The highest BCUT2D eigenvalue weighted by atomic mass is 32.2. The summed E-state index contributed by atoms with van der Waals surface area (Å²) in [6, 6.07) is 12.4. The molecule has 4 rings (SSSR count). The first-order valence-electron chi connectivity index (χ1n) is 8.96. The Bertz CT molecular complexity index is 1110. The van der Waals surface area contributed by atoms with E-state index in [1.54, 1.807) is 17.4 Å². The molecule has 146 valence electrons. The van der Waals surface area contributed by atoms with Crippen molar-refractivity contribution >= 4 is 32.2 Å². The average Bonchev–Trinajstić information content (AvgIpc) is 2.96.